The largest absolute Gasteiger partial charge is 0.228 e. The molecule has 0 amide bonds. The Hall–Kier alpha value is -0.150. The van der Waals surface area contributed by atoms with Gasteiger partial charge in [0.1, 0.15) is 11.3 Å². The molecule has 2 atom stereocenters. The molecule has 0 aliphatic rings. The van der Waals surface area contributed by atoms with Crippen molar-refractivity contribution in [3.05, 3.63) is 11.3 Å². The lowest BCUT2D eigenvalue weighted by Gasteiger charge is -2.19. The summed E-state index contributed by atoms with van der Waals surface area (Å²) in [6.07, 6.45) is 1.59. The Kier molecular flexibility index (Phi) is 3.47. The lowest BCUT2D eigenvalue weighted by molar-refractivity contribution is 0.488. The molecule has 0 aromatic carbocycles. The molecular weight excluding hydrogens is 192 g/mol. The highest BCUT2D eigenvalue weighted by Gasteiger charge is 2.23. The maximum absolute atomic E-state index is 6.07. The Labute approximate surface area is 82.1 Å². The molecule has 0 fully saturated rings. The van der Waals surface area contributed by atoms with Crippen molar-refractivity contribution >= 4 is 23.1 Å². The van der Waals surface area contributed by atoms with E-state index >= 15 is 0 Å². The summed E-state index contributed by atoms with van der Waals surface area (Å²) in [5.74, 6) is 0.851. The number of alkyl halides is 1. The molecule has 1 heterocycles. The van der Waals surface area contributed by atoms with Gasteiger partial charge >= 0.3 is 0 Å². The van der Waals surface area contributed by atoms with Crippen molar-refractivity contribution in [1.82, 2.24) is 9.36 Å². The topological polar surface area (TPSA) is 25.8 Å². The molecule has 0 N–H and O–H groups in total. The minimum Gasteiger partial charge on any atom is -0.228 e. The van der Waals surface area contributed by atoms with Gasteiger partial charge in [0.15, 0.2) is 0 Å². The van der Waals surface area contributed by atoms with Crippen molar-refractivity contribution in [2.24, 2.45) is 5.92 Å². The maximum atomic E-state index is 6.07. The lowest BCUT2D eigenvalue weighted by atomic mass is 9.94. The van der Waals surface area contributed by atoms with Crippen LogP contribution >= 0.6 is 23.1 Å². The van der Waals surface area contributed by atoms with Crippen molar-refractivity contribution in [2.45, 2.75) is 32.1 Å². The van der Waals surface area contributed by atoms with E-state index in [1.54, 1.807) is 6.33 Å². The number of hydrogen-bond acceptors (Lipinski definition) is 3. The highest BCUT2D eigenvalue weighted by molar-refractivity contribution is 7.05. The molecule has 1 aromatic rings. The standard InChI is InChI=1S/C8H13ClN2S/c1-5(2)7(6(3)9)8-10-4-11-12-8/h4-7H,1-3H3. The average molecular weight is 205 g/mol. The fraction of sp³-hybridized carbons (Fsp3) is 0.750. The summed E-state index contributed by atoms with van der Waals surface area (Å²) in [6.45, 7) is 6.32. The average Bonchev–Trinajstić information content (AvgIpc) is 2.37. The third kappa shape index (κ3) is 2.17. The molecule has 0 saturated carbocycles. The van der Waals surface area contributed by atoms with E-state index in [4.69, 9.17) is 11.6 Å². The quantitative estimate of drug-likeness (QED) is 0.708. The van der Waals surface area contributed by atoms with Gasteiger partial charge in [-0.3, -0.25) is 0 Å². The summed E-state index contributed by atoms with van der Waals surface area (Å²) in [5, 5.41) is 1.17. The van der Waals surface area contributed by atoms with Crippen LogP contribution in [0, 0.1) is 5.92 Å². The number of nitrogens with zero attached hydrogens (tertiary/aromatic N) is 2. The van der Waals surface area contributed by atoms with Crippen LogP contribution in [0.5, 0.6) is 0 Å². The van der Waals surface area contributed by atoms with Crippen molar-refractivity contribution in [3.63, 3.8) is 0 Å². The van der Waals surface area contributed by atoms with Crippen LogP contribution in [-0.2, 0) is 0 Å². The Balaban J connectivity index is 2.81. The molecule has 68 valence electrons. The van der Waals surface area contributed by atoms with Crippen LogP contribution in [0.2, 0.25) is 0 Å². The second-order valence-corrected chi connectivity index (χ2v) is 4.73. The van der Waals surface area contributed by atoms with Gasteiger partial charge in [-0.25, -0.2) is 4.98 Å². The third-order valence-electron chi connectivity index (χ3n) is 1.88. The fourth-order valence-corrected chi connectivity index (χ4v) is 2.72. The summed E-state index contributed by atoms with van der Waals surface area (Å²) in [6, 6.07) is 0. The van der Waals surface area contributed by atoms with E-state index in [0.717, 1.165) is 5.01 Å². The summed E-state index contributed by atoms with van der Waals surface area (Å²) >= 11 is 7.51. The van der Waals surface area contributed by atoms with Gasteiger partial charge < -0.3 is 0 Å². The monoisotopic (exact) mass is 204 g/mol. The molecule has 0 spiro atoms. The van der Waals surface area contributed by atoms with E-state index in [9.17, 15) is 0 Å². The van der Waals surface area contributed by atoms with Crippen LogP contribution in [0.25, 0.3) is 0 Å². The minimum atomic E-state index is 0.123. The molecule has 1 rings (SSSR count). The number of halogens is 1. The number of hydrogen-bond donors (Lipinski definition) is 0. The summed E-state index contributed by atoms with van der Waals surface area (Å²) in [5.41, 5.74) is 0. The van der Waals surface area contributed by atoms with E-state index in [1.165, 1.54) is 11.5 Å². The summed E-state index contributed by atoms with van der Waals surface area (Å²) in [4.78, 5) is 4.18. The Morgan fingerprint density at radius 3 is 2.42 bits per heavy atom. The van der Waals surface area contributed by atoms with Gasteiger partial charge in [-0.05, 0) is 24.4 Å². The molecule has 1 aromatic heterocycles. The van der Waals surface area contributed by atoms with E-state index in [2.05, 4.69) is 23.2 Å². The first-order valence-electron chi connectivity index (χ1n) is 4.03. The Bertz CT molecular complexity index is 213. The van der Waals surface area contributed by atoms with Crippen molar-refractivity contribution in [1.29, 1.82) is 0 Å². The van der Waals surface area contributed by atoms with Crippen LogP contribution in [-0.4, -0.2) is 14.7 Å². The van der Waals surface area contributed by atoms with Gasteiger partial charge in [0.05, 0.1) is 0 Å². The van der Waals surface area contributed by atoms with Gasteiger partial charge in [0, 0.05) is 11.3 Å². The molecule has 12 heavy (non-hydrogen) atoms. The second kappa shape index (κ2) is 4.19. The molecule has 2 unspecified atom stereocenters. The predicted octanol–water partition coefficient (Wildman–Crippen LogP) is 2.91. The lowest BCUT2D eigenvalue weighted by Crippen LogP contribution is -2.15. The zero-order valence-electron chi connectivity index (χ0n) is 7.49. The van der Waals surface area contributed by atoms with Crippen LogP contribution in [0.4, 0.5) is 0 Å². The molecule has 2 nitrogen and oxygen atoms in total. The molecule has 0 radical (unpaired) electrons. The minimum absolute atomic E-state index is 0.123. The zero-order valence-corrected chi connectivity index (χ0v) is 9.06. The predicted molar refractivity (Wildman–Crippen MR) is 52.8 cm³/mol. The van der Waals surface area contributed by atoms with E-state index in [0.29, 0.717) is 11.8 Å². The van der Waals surface area contributed by atoms with Crippen LogP contribution in [0.1, 0.15) is 31.7 Å². The Morgan fingerprint density at radius 2 is 2.08 bits per heavy atom. The van der Waals surface area contributed by atoms with Gasteiger partial charge in [-0.2, -0.15) is 4.37 Å². The zero-order chi connectivity index (χ0) is 9.14. The van der Waals surface area contributed by atoms with Crippen molar-refractivity contribution in [3.8, 4) is 0 Å². The van der Waals surface area contributed by atoms with Gasteiger partial charge in [0.2, 0.25) is 0 Å². The second-order valence-electron chi connectivity index (χ2n) is 3.23. The number of aromatic nitrogens is 2. The summed E-state index contributed by atoms with van der Waals surface area (Å²) in [7, 11) is 0. The van der Waals surface area contributed by atoms with Gasteiger partial charge in [-0.15, -0.1) is 11.6 Å². The van der Waals surface area contributed by atoms with Gasteiger partial charge in [-0.1, -0.05) is 13.8 Å². The molecule has 4 heteroatoms. The molecule has 0 aliphatic heterocycles. The molecular formula is C8H13ClN2S. The third-order valence-corrected chi connectivity index (χ3v) is 2.91. The SMILES string of the molecule is CC(C)C(c1ncns1)C(C)Cl. The first-order chi connectivity index (χ1) is 5.63. The van der Waals surface area contributed by atoms with Crippen LogP contribution < -0.4 is 0 Å². The first-order valence-corrected chi connectivity index (χ1v) is 5.24. The molecule has 0 aliphatic carbocycles. The summed E-state index contributed by atoms with van der Waals surface area (Å²) < 4.78 is 3.98. The van der Waals surface area contributed by atoms with Crippen molar-refractivity contribution in [2.75, 3.05) is 0 Å². The maximum Gasteiger partial charge on any atom is 0.129 e. The van der Waals surface area contributed by atoms with E-state index in [1.807, 2.05) is 6.92 Å². The van der Waals surface area contributed by atoms with Crippen LogP contribution in [0.3, 0.4) is 0 Å². The number of rotatable bonds is 3. The fourth-order valence-electron chi connectivity index (χ4n) is 1.34. The smallest absolute Gasteiger partial charge is 0.129 e. The van der Waals surface area contributed by atoms with E-state index in [-0.39, 0.29) is 5.38 Å². The van der Waals surface area contributed by atoms with Gasteiger partial charge in [0.25, 0.3) is 0 Å². The van der Waals surface area contributed by atoms with E-state index < -0.39 is 0 Å². The van der Waals surface area contributed by atoms with Crippen molar-refractivity contribution < 1.29 is 0 Å². The van der Waals surface area contributed by atoms with Crippen LogP contribution in [0.15, 0.2) is 6.33 Å². The normalized spacial score (nSPS) is 16.4. The first kappa shape index (κ1) is 9.93. The molecule has 0 bridgehead atoms. The highest BCUT2D eigenvalue weighted by atomic mass is 35.5. The molecule has 0 saturated heterocycles. The highest BCUT2D eigenvalue weighted by Crippen LogP contribution is 2.31. The Morgan fingerprint density at radius 1 is 1.42 bits per heavy atom.